The molecular formula is C18H21N7. The van der Waals surface area contributed by atoms with Gasteiger partial charge in [-0.1, -0.05) is 26.0 Å². The van der Waals surface area contributed by atoms with E-state index in [2.05, 4.69) is 30.7 Å². The summed E-state index contributed by atoms with van der Waals surface area (Å²) < 4.78 is 0. The lowest BCUT2D eigenvalue weighted by Crippen LogP contribution is -2.02. The minimum absolute atomic E-state index is 0.478. The van der Waals surface area contributed by atoms with Gasteiger partial charge in [0.05, 0.1) is 23.4 Å². The Hall–Kier alpha value is -3.35. The minimum Gasteiger partial charge on any atom is -0.384 e. The van der Waals surface area contributed by atoms with E-state index >= 15 is 0 Å². The quantitative estimate of drug-likeness (QED) is 0.456. The van der Waals surface area contributed by atoms with E-state index < -0.39 is 0 Å². The number of aromatic amines is 2. The molecule has 5 N–H and O–H groups in total. The van der Waals surface area contributed by atoms with Crippen molar-refractivity contribution in [1.82, 2.24) is 25.4 Å². The number of nitrogens with zero attached hydrogens (tertiary/aromatic N) is 3. The molecule has 4 aromatic rings. The van der Waals surface area contributed by atoms with Crippen LogP contribution in [-0.2, 0) is 6.54 Å². The van der Waals surface area contributed by atoms with Crippen LogP contribution in [0.25, 0.3) is 22.2 Å². The molecule has 0 radical (unpaired) electrons. The van der Waals surface area contributed by atoms with E-state index in [1.165, 1.54) is 0 Å². The second-order valence-corrected chi connectivity index (χ2v) is 5.23. The number of hydrogen-bond donors (Lipinski definition) is 4. The molecular weight excluding hydrogens is 314 g/mol. The Bertz CT molecular complexity index is 928. The predicted octanol–water partition coefficient (Wildman–Crippen LogP) is 3.57. The van der Waals surface area contributed by atoms with E-state index in [-0.39, 0.29) is 0 Å². The highest BCUT2D eigenvalue weighted by Gasteiger charge is 2.07. The summed E-state index contributed by atoms with van der Waals surface area (Å²) in [6.07, 6.45) is 3.45. The van der Waals surface area contributed by atoms with Crippen molar-refractivity contribution >= 4 is 22.4 Å². The largest absolute Gasteiger partial charge is 0.384 e. The van der Waals surface area contributed by atoms with Crippen molar-refractivity contribution in [1.29, 1.82) is 0 Å². The summed E-state index contributed by atoms with van der Waals surface area (Å²) in [6.45, 7) is 4.64. The van der Waals surface area contributed by atoms with Crippen LogP contribution >= 0.6 is 0 Å². The normalized spacial score (nSPS) is 10.3. The van der Waals surface area contributed by atoms with Gasteiger partial charge in [0.25, 0.3) is 0 Å². The molecule has 25 heavy (non-hydrogen) atoms. The van der Waals surface area contributed by atoms with Gasteiger partial charge in [0.2, 0.25) is 0 Å². The number of H-pyrrole nitrogens is 2. The van der Waals surface area contributed by atoms with Crippen molar-refractivity contribution in [3.8, 4) is 11.3 Å². The van der Waals surface area contributed by atoms with Crippen LogP contribution in [0.5, 0.6) is 0 Å². The fourth-order valence-corrected chi connectivity index (χ4v) is 2.55. The summed E-state index contributed by atoms with van der Waals surface area (Å²) in [5.41, 5.74) is 10.7. The first-order valence-electron chi connectivity index (χ1n) is 8.22. The van der Waals surface area contributed by atoms with Crippen LogP contribution in [0.4, 0.5) is 11.5 Å². The average molecular weight is 335 g/mol. The van der Waals surface area contributed by atoms with E-state index in [1.807, 2.05) is 50.2 Å². The van der Waals surface area contributed by atoms with Gasteiger partial charge < -0.3 is 11.1 Å². The summed E-state index contributed by atoms with van der Waals surface area (Å²) in [5, 5.41) is 18.2. The molecule has 0 amide bonds. The molecule has 0 atom stereocenters. The van der Waals surface area contributed by atoms with Crippen LogP contribution in [0.2, 0.25) is 0 Å². The Morgan fingerprint density at radius 3 is 2.52 bits per heavy atom. The Morgan fingerprint density at radius 2 is 1.80 bits per heavy atom. The number of aromatic nitrogens is 5. The van der Waals surface area contributed by atoms with E-state index in [9.17, 15) is 0 Å². The number of fused-ring (bicyclic) bond motifs is 1. The molecule has 4 rings (SSSR count). The van der Waals surface area contributed by atoms with Crippen LogP contribution in [0, 0.1) is 0 Å². The molecule has 0 spiro atoms. The van der Waals surface area contributed by atoms with Gasteiger partial charge in [-0.2, -0.15) is 10.2 Å². The lowest BCUT2D eigenvalue weighted by atomic mass is 10.1. The van der Waals surface area contributed by atoms with Gasteiger partial charge in [0.15, 0.2) is 0 Å². The van der Waals surface area contributed by atoms with E-state index in [0.717, 1.165) is 33.5 Å². The number of hydrogen-bond acceptors (Lipinski definition) is 5. The molecule has 128 valence electrons. The number of nitrogen functional groups attached to an aromatic ring is 1. The predicted molar refractivity (Wildman–Crippen MR) is 101 cm³/mol. The summed E-state index contributed by atoms with van der Waals surface area (Å²) in [7, 11) is 0. The summed E-state index contributed by atoms with van der Waals surface area (Å²) >= 11 is 0. The molecule has 0 fully saturated rings. The first kappa shape index (κ1) is 16.5. The first-order valence-corrected chi connectivity index (χ1v) is 8.22. The number of pyridine rings is 1. The number of nitrogens with two attached hydrogens (primary N) is 1. The molecule has 0 saturated carbocycles. The molecule has 0 aliphatic carbocycles. The molecule has 0 saturated heterocycles. The molecule has 7 heteroatoms. The topological polar surface area (TPSA) is 108 Å². The number of anilines is 2. The van der Waals surface area contributed by atoms with Crippen LogP contribution in [-0.4, -0.2) is 25.4 Å². The van der Waals surface area contributed by atoms with Crippen LogP contribution in [0.1, 0.15) is 19.5 Å². The van der Waals surface area contributed by atoms with Crippen LogP contribution in [0.3, 0.4) is 0 Å². The molecule has 0 aliphatic rings. The number of benzene rings is 1. The van der Waals surface area contributed by atoms with Gasteiger partial charge >= 0.3 is 0 Å². The van der Waals surface area contributed by atoms with Crippen molar-refractivity contribution in [2.75, 3.05) is 11.1 Å². The Morgan fingerprint density at radius 1 is 1.00 bits per heavy atom. The van der Waals surface area contributed by atoms with Crippen molar-refractivity contribution in [3.05, 3.63) is 54.5 Å². The van der Waals surface area contributed by atoms with Gasteiger partial charge in [-0.25, -0.2) is 4.98 Å². The second kappa shape index (κ2) is 7.48. The maximum Gasteiger partial charge on any atom is 0.126 e. The third kappa shape index (κ3) is 3.60. The van der Waals surface area contributed by atoms with Crippen molar-refractivity contribution in [2.45, 2.75) is 20.4 Å². The first-order chi connectivity index (χ1) is 12.3. The standard InChI is InChI=1S/C16H15N7.C2H6/c17-16-8-14(18-9-11-3-5-19-22-11)12-2-1-10(7-15(12)21-16)13-4-6-20-23-13;1-2/h1-8H,9H2,(H,19,22)(H,20,23)(H3,17,18,21);1-2H3. The van der Waals surface area contributed by atoms with Crippen LogP contribution < -0.4 is 11.1 Å². The smallest absolute Gasteiger partial charge is 0.126 e. The lowest BCUT2D eigenvalue weighted by Gasteiger charge is -2.11. The molecule has 3 aromatic heterocycles. The maximum atomic E-state index is 5.95. The second-order valence-electron chi connectivity index (χ2n) is 5.23. The Balaban J connectivity index is 0.000000880. The van der Waals surface area contributed by atoms with E-state index in [1.54, 1.807) is 12.4 Å². The fraction of sp³-hybridized carbons (Fsp3) is 0.167. The summed E-state index contributed by atoms with van der Waals surface area (Å²) in [5.74, 6) is 0.478. The molecule has 1 aromatic carbocycles. The van der Waals surface area contributed by atoms with Gasteiger partial charge in [0, 0.05) is 35.1 Å². The highest BCUT2D eigenvalue weighted by molar-refractivity contribution is 5.95. The van der Waals surface area contributed by atoms with Gasteiger partial charge in [-0.05, 0) is 18.2 Å². The molecule has 3 heterocycles. The third-order valence-electron chi connectivity index (χ3n) is 3.67. The van der Waals surface area contributed by atoms with Gasteiger partial charge in [0.1, 0.15) is 5.82 Å². The molecule has 0 unspecified atom stereocenters. The van der Waals surface area contributed by atoms with Crippen molar-refractivity contribution in [2.24, 2.45) is 0 Å². The lowest BCUT2D eigenvalue weighted by molar-refractivity contribution is 0.982. The number of nitrogens with one attached hydrogen (secondary N) is 3. The Labute approximate surface area is 145 Å². The van der Waals surface area contributed by atoms with Crippen molar-refractivity contribution in [3.63, 3.8) is 0 Å². The molecule has 0 bridgehead atoms. The highest BCUT2D eigenvalue weighted by Crippen LogP contribution is 2.28. The zero-order valence-corrected chi connectivity index (χ0v) is 14.2. The molecule has 7 nitrogen and oxygen atoms in total. The van der Waals surface area contributed by atoms with Crippen molar-refractivity contribution < 1.29 is 0 Å². The van der Waals surface area contributed by atoms with E-state index in [4.69, 9.17) is 5.73 Å². The SMILES string of the molecule is CC.Nc1cc(NCc2ccn[nH]2)c2ccc(-c3ccn[nH]3)cc2n1. The highest BCUT2D eigenvalue weighted by atomic mass is 15.1. The summed E-state index contributed by atoms with van der Waals surface area (Å²) in [6, 6.07) is 11.8. The monoisotopic (exact) mass is 335 g/mol. The molecule has 0 aliphatic heterocycles. The minimum atomic E-state index is 0.478. The Kier molecular flexibility index (Phi) is 4.94. The van der Waals surface area contributed by atoms with E-state index in [0.29, 0.717) is 12.4 Å². The zero-order chi connectivity index (χ0) is 17.6. The van der Waals surface area contributed by atoms with Gasteiger partial charge in [-0.3, -0.25) is 10.2 Å². The fourth-order valence-electron chi connectivity index (χ4n) is 2.55. The van der Waals surface area contributed by atoms with Gasteiger partial charge in [-0.15, -0.1) is 0 Å². The number of rotatable bonds is 4. The third-order valence-corrected chi connectivity index (χ3v) is 3.67. The maximum absolute atomic E-state index is 5.95. The zero-order valence-electron chi connectivity index (χ0n) is 14.2. The summed E-state index contributed by atoms with van der Waals surface area (Å²) in [4.78, 5) is 4.44. The average Bonchev–Trinajstić information content (AvgIpc) is 3.34. The van der Waals surface area contributed by atoms with Crippen LogP contribution in [0.15, 0.2) is 48.8 Å².